The number of hydrazone groups is 1. The van der Waals surface area contributed by atoms with E-state index in [-0.39, 0.29) is 0 Å². The summed E-state index contributed by atoms with van der Waals surface area (Å²) in [6, 6.07) is 1.44. The summed E-state index contributed by atoms with van der Waals surface area (Å²) in [5, 5.41) is 7.97. The van der Waals surface area contributed by atoms with Crippen LogP contribution in [0.25, 0.3) is 0 Å². The van der Waals surface area contributed by atoms with Gasteiger partial charge in [0.05, 0.1) is 6.04 Å². The Labute approximate surface area is 144 Å². The lowest BCUT2D eigenvalue weighted by atomic mass is 9.79. The van der Waals surface area contributed by atoms with E-state index in [1.165, 1.54) is 89.9 Å². The quantitative estimate of drug-likeness (QED) is 0.606. The summed E-state index contributed by atoms with van der Waals surface area (Å²) < 4.78 is 0. The first-order valence-corrected chi connectivity index (χ1v) is 10.7. The molecule has 0 aromatic heterocycles. The molecule has 132 valence electrons. The summed E-state index contributed by atoms with van der Waals surface area (Å²) in [7, 11) is 0. The molecule has 2 aliphatic carbocycles. The van der Waals surface area contributed by atoms with E-state index in [9.17, 15) is 0 Å². The Morgan fingerprint density at radius 1 is 0.783 bits per heavy atom. The van der Waals surface area contributed by atoms with E-state index >= 15 is 0 Å². The van der Waals surface area contributed by atoms with Crippen molar-refractivity contribution in [2.24, 2.45) is 16.9 Å². The van der Waals surface area contributed by atoms with E-state index in [1.54, 1.807) is 5.71 Å². The lowest BCUT2D eigenvalue weighted by molar-refractivity contribution is 0.105. The molecule has 1 aliphatic heterocycles. The summed E-state index contributed by atoms with van der Waals surface area (Å²) >= 11 is 0. The fourth-order valence-electron chi connectivity index (χ4n) is 5.45. The Kier molecular flexibility index (Phi) is 6.42. The minimum absolute atomic E-state index is 0.698. The summed E-state index contributed by atoms with van der Waals surface area (Å²) in [4.78, 5) is 0. The molecule has 0 saturated heterocycles. The van der Waals surface area contributed by atoms with Crippen LogP contribution in [-0.2, 0) is 0 Å². The van der Waals surface area contributed by atoms with Gasteiger partial charge in [-0.2, -0.15) is 5.10 Å². The second-order valence-corrected chi connectivity index (χ2v) is 8.23. The van der Waals surface area contributed by atoms with Gasteiger partial charge >= 0.3 is 0 Å². The van der Waals surface area contributed by atoms with Gasteiger partial charge in [0.15, 0.2) is 0 Å². The average molecular weight is 319 g/mol. The molecule has 2 atom stereocenters. The maximum Gasteiger partial charge on any atom is 0.0552 e. The molecule has 0 spiro atoms. The first kappa shape index (κ1) is 17.3. The molecule has 2 fully saturated rings. The van der Waals surface area contributed by atoms with Crippen molar-refractivity contribution in [2.45, 2.75) is 116 Å². The highest BCUT2D eigenvalue weighted by molar-refractivity contribution is 5.90. The fourth-order valence-corrected chi connectivity index (χ4v) is 5.45. The van der Waals surface area contributed by atoms with Crippen molar-refractivity contribution in [1.29, 1.82) is 0 Å². The van der Waals surface area contributed by atoms with Crippen molar-refractivity contribution in [3.63, 3.8) is 0 Å². The zero-order chi connectivity index (χ0) is 16.1. The Hall–Kier alpha value is -0.530. The highest BCUT2D eigenvalue weighted by Crippen LogP contribution is 2.38. The van der Waals surface area contributed by atoms with Crippen LogP contribution in [0, 0.1) is 11.8 Å². The number of hydrogen-bond acceptors (Lipinski definition) is 2. The van der Waals surface area contributed by atoms with Gasteiger partial charge in [-0.05, 0) is 44.4 Å². The van der Waals surface area contributed by atoms with E-state index in [1.807, 2.05) is 0 Å². The van der Waals surface area contributed by atoms with Gasteiger partial charge in [0.25, 0.3) is 0 Å². The van der Waals surface area contributed by atoms with E-state index < -0.39 is 0 Å². The number of rotatable bonds is 4. The Bertz CT molecular complexity index is 375. The van der Waals surface area contributed by atoms with Gasteiger partial charge in [-0.1, -0.05) is 65.2 Å². The molecule has 0 bridgehead atoms. The van der Waals surface area contributed by atoms with Crippen molar-refractivity contribution in [2.75, 3.05) is 0 Å². The lowest BCUT2D eigenvalue weighted by Crippen LogP contribution is -2.40. The van der Waals surface area contributed by atoms with Crippen LogP contribution in [0.4, 0.5) is 0 Å². The molecule has 0 aromatic carbocycles. The van der Waals surface area contributed by atoms with Crippen molar-refractivity contribution in [3.05, 3.63) is 0 Å². The Morgan fingerprint density at radius 3 is 1.96 bits per heavy atom. The van der Waals surface area contributed by atoms with Crippen LogP contribution in [-0.4, -0.2) is 22.8 Å². The number of nitrogens with zero attached hydrogens (tertiary/aromatic N) is 2. The van der Waals surface area contributed by atoms with Gasteiger partial charge < -0.3 is 0 Å². The highest BCUT2D eigenvalue weighted by atomic mass is 15.5. The maximum atomic E-state index is 5.36. The predicted octanol–water partition coefficient (Wildman–Crippen LogP) is 6.16. The van der Waals surface area contributed by atoms with Crippen LogP contribution in [0.3, 0.4) is 0 Å². The van der Waals surface area contributed by atoms with Crippen molar-refractivity contribution in [1.82, 2.24) is 5.01 Å². The standard InChI is InChI=1S/C21H38N2/c1-3-19-20(4-2)23(18-15-11-8-12-16-18)22-21(19)17-13-9-6-5-7-10-14-17/h17-20H,3-16H2,1-2H3. The largest absolute Gasteiger partial charge is 0.290 e. The lowest BCUT2D eigenvalue weighted by Gasteiger charge is -2.36. The van der Waals surface area contributed by atoms with Crippen LogP contribution in [0.5, 0.6) is 0 Å². The van der Waals surface area contributed by atoms with E-state index in [4.69, 9.17) is 5.10 Å². The summed E-state index contributed by atoms with van der Waals surface area (Å²) in [5.41, 5.74) is 1.62. The fraction of sp³-hybridized carbons (Fsp3) is 0.952. The average Bonchev–Trinajstić information content (AvgIpc) is 2.94. The van der Waals surface area contributed by atoms with Crippen LogP contribution in [0.1, 0.15) is 104 Å². The minimum atomic E-state index is 0.698. The second-order valence-electron chi connectivity index (χ2n) is 8.23. The van der Waals surface area contributed by atoms with Crippen molar-refractivity contribution >= 4 is 5.71 Å². The molecule has 2 heteroatoms. The Balaban J connectivity index is 1.77. The van der Waals surface area contributed by atoms with Gasteiger partial charge in [-0.15, -0.1) is 0 Å². The molecule has 2 unspecified atom stereocenters. The SMILES string of the molecule is CCC1C(C2CCCCCCC2)=NN(C2CCCCC2)C1CC. The van der Waals surface area contributed by atoms with E-state index in [2.05, 4.69) is 18.9 Å². The van der Waals surface area contributed by atoms with Gasteiger partial charge in [-0.25, -0.2) is 0 Å². The number of hydrogen-bond donors (Lipinski definition) is 0. The second kappa shape index (κ2) is 8.53. The first-order valence-electron chi connectivity index (χ1n) is 10.7. The molecule has 3 rings (SSSR count). The molecule has 0 radical (unpaired) electrons. The van der Waals surface area contributed by atoms with E-state index in [0.717, 1.165) is 17.9 Å². The third-order valence-electron chi connectivity index (χ3n) is 6.75. The molecule has 3 aliphatic rings. The third-order valence-corrected chi connectivity index (χ3v) is 6.75. The molecule has 23 heavy (non-hydrogen) atoms. The highest BCUT2D eigenvalue weighted by Gasteiger charge is 2.40. The summed E-state index contributed by atoms with van der Waals surface area (Å²) in [6.45, 7) is 4.79. The van der Waals surface area contributed by atoms with Crippen LogP contribution in [0.15, 0.2) is 5.10 Å². The minimum Gasteiger partial charge on any atom is -0.290 e. The third kappa shape index (κ3) is 3.94. The molecule has 0 N–H and O–H groups in total. The summed E-state index contributed by atoms with van der Waals surface area (Å²) in [6.07, 6.45) is 19.6. The van der Waals surface area contributed by atoms with Gasteiger partial charge in [-0.3, -0.25) is 5.01 Å². The Morgan fingerprint density at radius 2 is 1.35 bits per heavy atom. The van der Waals surface area contributed by atoms with Gasteiger partial charge in [0, 0.05) is 17.7 Å². The monoisotopic (exact) mass is 318 g/mol. The van der Waals surface area contributed by atoms with Gasteiger partial charge in [0.2, 0.25) is 0 Å². The molecule has 2 nitrogen and oxygen atoms in total. The van der Waals surface area contributed by atoms with Crippen molar-refractivity contribution < 1.29 is 0 Å². The first-order chi connectivity index (χ1) is 11.3. The summed E-state index contributed by atoms with van der Waals surface area (Å²) in [5.74, 6) is 1.54. The van der Waals surface area contributed by atoms with Gasteiger partial charge in [0.1, 0.15) is 0 Å². The van der Waals surface area contributed by atoms with E-state index in [0.29, 0.717) is 6.04 Å². The molecule has 2 saturated carbocycles. The maximum absolute atomic E-state index is 5.36. The zero-order valence-corrected chi connectivity index (χ0v) is 15.6. The molecular weight excluding hydrogens is 280 g/mol. The molecule has 0 aromatic rings. The molecular formula is C21H38N2. The normalized spacial score (nSPS) is 31.7. The van der Waals surface area contributed by atoms with Crippen molar-refractivity contribution in [3.8, 4) is 0 Å². The molecule has 0 amide bonds. The molecule has 1 heterocycles. The topological polar surface area (TPSA) is 15.6 Å². The van der Waals surface area contributed by atoms with Crippen LogP contribution >= 0.6 is 0 Å². The smallest absolute Gasteiger partial charge is 0.0552 e. The van der Waals surface area contributed by atoms with Crippen LogP contribution in [0.2, 0.25) is 0 Å². The predicted molar refractivity (Wildman–Crippen MR) is 99.8 cm³/mol. The zero-order valence-electron chi connectivity index (χ0n) is 15.6. The van der Waals surface area contributed by atoms with Crippen LogP contribution < -0.4 is 0 Å².